The van der Waals surface area contributed by atoms with E-state index in [1.54, 1.807) is 60.7 Å². The second-order valence-corrected chi connectivity index (χ2v) is 9.36. The van der Waals surface area contributed by atoms with E-state index >= 15 is 0 Å². The van der Waals surface area contributed by atoms with E-state index in [1.807, 2.05) is 0 Å². The van der Waals surface area contributed by atoms with Crippen LogP contribution < -0.4 is 10.6 Å². The molecule has 8 heteroatoms. The molecule has 0 radical (unpaired) electrons. The summed E-state index contributed by atoms with van der Waals surface area (Å²) in [7, 11) is -3.81. The Labute approximate surface area is 191 Å². The van der Waals surface area contributed by atoms with Gasteiger partial charge in [-0.15, -0.1) is 0 Å². The number of benzene rings is 3. The zero-order chi connectivity index (χ0) is 23.4. The van der Waals surface area contributed by atoms with Crippen LogP contribution in [0.5, 0.6) is 0 Å². The summed E-state index contributed by atoms with van der Waals surface area (Å²) in [5.41, 5.74) is 2.06. The van der Waals surface area contributed by atoms with Gasteiger partial charge in [-0.05, 0) is 47.9 Å². The second kappa shape index (κ2) is 9.38. The van der Waals surface area contributed by atoms with Gasteiger partial charge in [0.25, 0.3) is 11.8 Å². The van der Waals surface area contributed by atoms with Crippen LogP contribution in [0.1, 0.15) is 22.3 Å². The zero-order valence-corrected chi connectivity index (χ0v) is 18.4. The van der Waals surface area contributed by atoms with Crippen molar-refractivity contribution in [2.45, 2.75) is 11.3 Å². The Hall–Kier alpha value is -3.78. The summed E-state index contributed by atoms with van der Waals surface area (Å²) in [5.74, 6) is -1.29. The molecule has 33 heavy (non-hydrogen) atoms. The number of rotatable bonds is 7. The van der Waals surface area contributed by atoms with Crippen molar-refractivity contribution < 1.29 is 22.4 Å². The maximum absolute atomic E-state index is 13.9. The van der Waals surface area contributed by atoms with Gasteiger partial charge in [0.05, 0.1) is 4.90 Å². The Kier molecular flexibility index (Phi) is 6.37. The van der Waals surface area contributed by atoms with Crippen LogP contribution in [0.25, 0.3) is 17.2 Å². The average Bonchev–Trinajstić information content (AvgIpc) is 3.10. The monoisotopic (exact) mass is 464 g/mol. The van der Waals surface area contributed by atoms with Crippen molar-refractivity contribution in [1.29, 1.82) is 0 Å². The summed E-state index contributed by atoms with van der Waals surface area (Å²) in [5, 5.41) is 5.33. The molecule has 0 bridgehead atoms. The maximum Gasteiger partial charge on any atom is 0.263 e. The van der Waals surface area contributed by atoms with Crippen molar-refractivity contribution in [2.75, 3.05) is 13.1 Å². The molecule has 1 heterocycles. The highest BCUT2D eigenvalue weighted by atomic mass is 32.2. The molecule has 2 amide bonds. The Bertz CT molecular complexity index is 1350. The first-order valence-corrected chi connectivity index (χ1v) is 11.8. The largest absolute Gasteiger partial charge is 0.352 e. The molecule has 6 nitrogen and oxygen atoms in total. The van der Waals surface area contributed by atoms with Crippen LogP contribution in [-0.2, 0) is 14.6 Å². The van der Waals surface area contributed by atoms with Crippen molar-refractivity contribution in [1.82, 2.24) is 10.6 Å². The van der Waals surface area contributed by atoms with Gasteiger partial charge in [0.15, 0.2) is 0 Å². The molecule has 168 valence electrons. The SMILES string of the molecule is O=C(NCCCNC(=O)c1ccc(-c2ccccc2F)cc1)C1=Cc2ccccc2S1(=O)=O. The van der Waals surface area contributed by atoms with Gasteiger partial charge in [0.2, 0.25) is 9.84 Å². The lowest BCUT2D eigenvalue weighted by atomic mass is 10.0. The molecule has 1 aliphatic heterocycles. The van der Waals surface area contributed by atoms with E-state index < -0.39 is 15.7 Å². The molecule has 0 atom stereocenters. The predicted octanol–water partition coefficient (Wildman–Crippen LogP) is 3.56. The van der Waals surface area contributed by atoms with Gasteiger partial charge in [-0.25, -0.2) is 12.8 Å². The molecular weight excluding hydrogens is 443 g/mol. The van der Waals surface area contributed by atoms with Crippen LogP contribution in [0, 0.1) is 5.82 Å². The molecule has 3 aromatic rings. The number of carbonyl (C=O) groups excluding carboxylic acids is 2. The van der Waals surface area contributed by atoms with E-state index in [1.165, 1.54) is 18.2 Å². The first-order chi connectivity index (χ1) is 15.9. The number of nitrogens with one attached hydrogen (secondary N) is 2. The van der Waals surface area contributed by atoms with E-state index in [2.05, 4.69) is 10.6 Å². The third-order valence-electron chi connectivity index (χ3n) is 5.27. The van der Waals surface area contributed by atoms with Crippen LogP contribution in [0.2, 0.25) is 0 Å². The van der Waals surface area contributed by atoms with Gasteiger partial charge in [0.1, 0.15) is 10.7 Å². The third-order valence-corrected chi connectivity index (χ3v) is 7.10. The molecule has 0 saturated heterocycles. The maximum atomic E-state index is 13.9. The summed E-state index contributed by atoms with van der Waals surface area (Å²) in [4.78, 5) is 24.5. The fraction of sp³-hybridized carbons (Fsp3) is 0.120. The van der Waals surface area contributed by atoms with Crippen molar-refractivity contribution in [3.05, 3.63) is 94.6 Å². The topological polar surface area (TPSA) is 92.3 Å². The Morgan fingerprint density at radius 1 is 0.788 bits per heavy atom. The first-order valence-electron chi connectivity index (χ1n) is 10.3. The predicted molar refractivity (Wildman–Crippen MR) is 123 cm³/mol. The average molecular weight is 465 g/mol. The van der Waals surface area contributed by atoms with Crippen molar-refractivity contribution >= 4 is 27.7 Å². The summed E-state index contributed by atoms with van der Waals surface area (Å²) in [6.07, 6.45) is 1.79. The quantitative estimate of drug-likeness (QED) is 0.523. The molecule has 3 aromatic carbocycles. The normalized spacial score (nSPS) is 13.7. The highest BCUT2D eigenvalue weighted by Crippen LogP contribution is 2.32. The summed E-state index contributed by atoms with van der Waals surface area (Å²) >= 11 is 0. The number of hydrogen-bond donors (Lipinski definition) is 2. The van der Waals surface area contributed by atoms with Gasteiger partial charge >= 0.3 is 0 Å². The lowest BCUT2D eigenvalue weighted by Crippen LogP contribution is -2.31. The number of amides is 2. The van der Waals surface area contributed by atoms with E-state index in [0.29, 0.717) is 35.2 Å². The standard InChI is InChI=1S/C25H21FN2O4S/c26-21-8-3-2-7-20(21)17-10-12-18(13-11-17)24(29)27-14-5-15-28-25(30)23-16-19-6-1-4-9-22(19)33(23,31)32/h1-4,6-13,16H,5,14-15H2,(H,27,29)(H,28,30). The summed E-state index contributed by atoms with van der Waals surface area (Å²) in [6.45, 7) is 0.495. The van der Waals surface area contributed by atoms with Crippen LogP contribution in [-0.4, -0.2) is 33.3 Å². The van der Waals surface area contributed by atoms with Crippen molar-refractivity contribution in [2.24, 2.45) is 0 Å². The molecule has 2 N–H and O–H groups in total. The van der Waals surface area contributed by atoms with E-state index in [4.69, 9.17) is 0 Å². The molecular formula is C25H21FN2O4S. The molecule has 0 unspecified atom stereocenters. The minimum atomic E-state index is -3.81. The van der Waals surface area contributed by atoms with Crippen molar-refractivity contribution in [3.8, 4) is 11.1 Å². The summed E-state index contributed by atoms with van der Waals surface area (Å²) in [6, 6.07) is 19.5. The first kappa shape index (κ1) is 22.4. The molecule has 0 aliphatic carbocycles. The number of sulfone groups is 1. The molecule has 0 saturated carbocycles. The lowest BCUT2D eigenvalue weighted by molar-refractivity contribution is -0.116. The molecule has 0 aromatic heterocycles. The Morgan fingerprint density at radius 2 is 1.42 bits per heavy atom. The fourth-order valence-corrected chi connectivity index (χ4v) is 5.08. The van der Waals surface area contributed by atoms with Gasteiger partial charge in [-0.1, -0.05) is 48.5 Å². The van der Waals surface area contributed by atoms with Gasteiger partial charge in [0, 0.05) is 24.2 Å². The number of fused-ring (bicyclic) bond motifs is 1. The number of hydrogen-bond acceptors (Lipinski definition) is 4. The smallest absolute Gasteiger partial charge is 0.263 e. The van der Waals surface area contributed by atoms with Gasteiger partial charge in [-0.3, -0.25) is 9.59 Å². The Balaban J connectivity index is 1.25. The van der Waals surface area contributed by atoms with E-state index in [9.17, 15) is 22.4 Å². The molecule has 1 aliphatic rings. The molecule has 4 rings (SSSR count). The highest BCUT2D eigenvalue weighted by molar-refractivity contribution is 7.96. The highest BCUT2D eigenvalue weighted by Gasteiger charge is 2.33. The van der Waals surface area contributed by atoms with Gasteiger partial charge in [-0.2, -0.15) is 0 Å². The number of carbonyl (C=O) groups is 2. The number of halogens is 1. The van der Waals surface area contributed by atoms with Crippen LogP contribution in [0.3, 0.4) is 0 Å². The van der Waals surface area contributed by atoms with Gasteiger partial charge < -0.3 is 10.6 Å². The summed E-state index contributed by atoms with van der Waals surface area (Å²) < 4.78 is 38.9. The van der Waals surface area contributed by atoms with E-state index in [0.717, 1.165) is 0 Å². The third kappa shape index (κ3) is 4.70. The van der Waals surface area contributed by atoms with Crippen LogP contribution in [0.15, 0.2) is 82.6 Å². The molecule has 0 fully saturated rings. The Morgan fingerprint density at radius 3 is 2.12 bits per heavy atom. The second-order valence-electron chi connectivity index (χ2n) is 7.47. The van der Waals surface area contributed by atoms with E-state index in [-0.39, 0.29) is 28.1 Å². The minimum Gasteiger partial charge on any atom is -0.352 e. The van der Waals surface area contributed by atoms with Crippen LogP contribution >= 0.6 is 0 Å². The minimum absolute atomic E-state index is 0.128. The fourth-order valence-electron chi connectivity index (χ4n) is 3.55. The van der Waals surface area contributed by atoms with Crippen molar-refractivity contribution in [3.63, 3.8) is 0 Å². The molecule has 0 spiro atoms. The van der Waals surface area contributed by atoms with Crippen LogP contribution in [0.4, 0.5) is 4.39 Å². The zero-order valence-electron chi connectivity index (χ0n) is 17.5. The lowest BCUT2D eigenvalue weighted by Gasteiger charge is -2.08.